The summed E-state index contributed by atoms with van der Waals surface area (Å²) in [5.41, 5.74) is -0.636. The molecular weight excluding hydrogens is 574 g/mol. The average Bonchev–Trinajstić information content (AvgIpc) is 2.97. The van der Waals surface area contributed by atoms with E-state index in [0.29, 0.717) is 42.9 Å². The summed E-state index contributed by atoms with van der Waals surface area (Å²) in [6, 6.07) is 25.3. The Morgan fingerprint density at radius 3 is 2.07 bits per heavy atom. The quantitative estimate of drug-likeness (QED) is 0.185. The Kier molecular flexibility index (Phi) is 8.03. The fraction of sp³-hybridized carbons (Fsp3) is 0.156. The van der Waals surface area contributed by atoms with E-state index in [1.165, 1.54) is 0 Å². The molecule has 43 heavy (non-hydrogen) atoms. The zero-order chi connectivity index (χ0) is 30.8. The molecule has 4 aromatic rings. The fourth-order valence-electron chi connectivity index (χ4n) is 5.54. The third kappa shape index (κ3) is 6.27. The normalized spacial score (nSPS) is 16.1. The van der Waals surface area contributed by atoms with E-state index < -0.39 is 55.1 Å². The largest absolute Gasteiger partial charge is 0.478 e. The zero-order valence-corrected chi connectivity index (χ0v) is 23.5. The molecule has 0 bridgehead atoms. The Morgan fingerprint density at radius 1 is 0.791 bits per heavy atom. The monoisotopic (exact) mass is 601 g/mol. The standard InChI is InChI=1S/C32H27NO9S/c34-29(24-18-28(43(39,40)41)26(31(37)38)17-25(24)30(35)36)33-32(16-6-8-21-7-4-5-11-27(21)32)19-20-12-14-23(15-13-20)42-22-9-2-1-3-10-22/h1-5,7,9-15,17-18H,6,8,16,19H2,(H,33,34)(H,35,36)(H,37,38)(H,39,40,41)/t32-/m0/s1. The van der Waals surface area contributed by atoms with Crippen LogP contribution in [-0.4, -0.2) is 41.0 Å². The molecule has 0 saturated heterocycles. The number of rotatable bonds is 9. The van der Waals surface area contributed by atoms with Crippen molar-refractivity contribution in [3.63, 3.8) is 0 Å². The summed E-state index contributed by atoms with van der Waals surface area (Å²) in [5.74, 6) is -3.06. The first-order chi connectivity index (χ1) is 20.5. The Balaban J connectivity index is 1.55. The maximum Gasteiger partial charge on any atom is 0.337 e. The van der Waals surface area contributed by atoms with E-state index in [1.54, 1.807) is 12.1 Å². The van der Waals surface area contributed by atoms with Gasteiger partial charge in [0.2, 0.25) is 0 Å². The number of ether oxygens (including phenoxy) is 1. The number of carboxylic acids is 2. The van der Waals surface area contributed by atoms with Gasteiger partial charge in [0.1, 0.15) is 16.4 Å². The minimum absolute atomic E-state index is 0.308. The topological polar surface area (TPSA) is 167 Å². The first-order valence-electron chi connectivity index (χ1n) is 13.3. The molecule has 10 nitrogen and oxygen atoms in total. The minimum atomic E-state index is -5.11. The number of benzene rings is 4. The molecule has 5 rings (SSSR count). The summed E-state index contributed by atoms with van der Waals surface area (Å²) in [7, 11) is -5.11. The van der Waals surface area contributed by atoms with Gasteiger partial charge >= 0.3 is 11.9 Å². The second kappa shape index (κ2) is 11.7. The van der Waals surface area contributed by atoms with Crippen molar-refractivity contribution in [3.05, 3.63) is 124 Å². The van der Waals surface area contributed by atoms with E-state index >= 15 is 0 Å². The molecule has 11 heteroatoms. The van der Waals surface area contributed by atoms with Crippen LogP contribution in [0.1, 0.15) is 60.6 Å². The molecule has 0 saturated carbocycles. The zero-order valence-electron chi connectivity index (χ0n) is 22.7. The molecule has 4 N–H and O–H groups in total. The van der Waals surface area contributed by atoms with Crippen molar-refractivity contribution in [3.8, 4) is 11.5 Å². The SMILES string of the molecule is O=C(O)c1cc(C(=O)O)c(S(=O)(=O)O)cc1C(=O)N[C@]1(Cc2ccc(Oc3ccccc3)cc2)CCCc2ccccc21. The number of para-hydroxylation sites is 1. The predicted molar refractivity (Wildman–Crippen MR) is 155 cm³/mol. The second-order valence-corrected chi connectivity index (χ2v) is 11.7. The number of hydrogen-bond donors (Lipinski definition) is 4. The third-order valence-corrected chi connectivity index (χ3v) is 8.34. The highest BCUT2D eigenvalue weighted by Gasteiger charge is 2.39. The first-order valence-corrected chi connectivity index (χ1v) is 14.8. The van der Waals surface area contributed by atoms with Crippen LogP contribution in [0.4, 0.5) is 0 Å². The lowest BCUT2D eigenvalue weighted by atomic mass is 9.73. The molecule has 1 amide bonds. The van der Waals surface area contributed by atoms with Gasteiger partial charge in [-0.15, -0.1) is 0 Å². The van der Waals surface area contributed by atoms with Crippen LogP contribution in [-0.2, 0) is 28.5 Å². The van der Waals surface area contributed by atoms with Crippen LogP contribution in [0.25, 0.3) is 0 Å². The van der Waals surface area contributed by atoms with Crippen LogP contribution < -0.4 is 10.1 Å². The highest BCUT2D eigenvalue weighted by molar-refractivity contribution is 7.86. The predicted octanol–water partition coefficient (Wildman–Crippen LogP) is 5.33. The van der Waals surface area contributed by atoms with Gasteiger partial charge in [-0.2, -0.15) is 8.42 Å². The van der Waals surface area contributed by atoms with E-state index in [9.17, 15) is 37.6 Å². The summed E-state index contributed by atoms with van der Waals surface area (Å²) < 4.78 is 39.6. The van der Waals surface area contributed by atoms with Crippen molar-refractivity contribution in [1.29, 1.82) is 0 Å². The van der Waals surface area contributed by atoms with Crippen LogP contribution in [0.2, 0.25) is 0 Å². The number of nitrogens with one attached hydrogen (secondary N) is 1. The van der Waals surface area contributed by atoms with Crippen LogP contribution in [0.3, 0.4) is 0 Å². The van der Waals surface area contributed by atoms with Gasteiger partial charge in [-0.1, -0.05) is 54.6 Å². The minimum Gasteiger partial charge on any atom is -0.478 e. The van der Waals surface area contributed by atoms with E-state index in [4.69, 9.17) is 4.74 Å². The molecule has 0 aliphatic heterocycles. The van der Waals surface area contributed by atoms with Gasteiger partial charge in [-0.3, -0.25) is 9.35 Å². The lowest BCUT2D eigenvalue weighted by Crippen LogP contribution is -2.50. The van der Waals surface area contributed by atoms with Crippen LogP contribution in [0.15, 0.2) is 95.9 Å². The van der Waals surface area contributed by atoms with Gasteiger partial charge in [-0.25, -0.2) is 9.59 Å². The maximum atomic E-state index is 13.8. The summed E-state index contributed by atoms with van der Waals surface area (Å²) in [6.45, 7) is 0. The van der Waals surface area contributed by atoms with Crippen molar-refractivity contribution in [2.75, 3.05) is 0 Å². The van der Waals surface area contributed by atoms with Crippen molar-refractivity contribution in [2.24, 2.45) is 0 Å². The molecule has 1 atom stereocenters. The number of carboxylic acid groups (broad SMARTS) is 2. The number of fused-ring (bicyclic) bond motifs is 1. The molecule has 0 radical (unpaired) electrons. The maximum absolute atomic E-state index is 13.8. The van der Waals surface area contributed by atoms with Crippen LogP contribution in [0.5, 0.6) is 11.5 Å². The van der Waals surface area contributed by atoms with Gasteiger partial charge < -0.3 is 20.3 Å². The van der Waals surface area contributed by atoms with Crippen molar-refractivity contribution < 1.29 is 42.3 Å². The summed E-state index contributed by atoms with van der Waals surface area (Å²) in [4.78, 5) is 36.5. The highest BCUT2D eigenvalue weighted by atomic mass is 32.2. The number of carbonyl (C=O) groups is 3. The summed E-state index contributed by atoms with van der Waals surface area (Å²) in [6.07, 6.45) is 2.26. The van der Waals surface area contributed by atoms with Gasteiger partial charge in [0.05, 0.1) is 22.2 Å². The molecular formula is C32H27NO9S. The molecule has 0 fully saturated rings. The van der Waals surface area contributed by atoms with Gasteiger partial charge in [0.25, 0.3) is 16.0 Å². The average molecular weight is 602 g/mol. The molecule has 0 heterocycles. The Bertz CT molecular complexity index is 1820. The van der Waals surface area contributed by atoms with Gasteiger partial charge in [0, 0.05) is 0 Å². The fourth-order valence-corrected chi connectivity index (χ4v) is 6.23. The molecule has 4 aromatic carbocycles. The number of amides is 1. The molecule has 220 valence electrons. The van der Waals surface area contributed by atoms with E-state index in [1.807, 2.05) is 66.7 Å². The van der Waals surface area contributed by atoms with Crippen LogP contribution >= 0.6 is 0 Å². The number of aryl methyl sites for hydroxylation is 1. The Hall–Kier alpha value is -5.00. The van der Waals surface area contributed by atoms with Crippen molar-refractivity contribution in [1.82, 2.24) is 5.32 Å². The van der Waals surface area contributed by atoms with Crippen LogP contribution in [0, 0.1) is 0 Å². The third-order valence-electron chi connectivity index (χ3n) is 7.45. The first kappa shape index (κ1) is 29.5. The van der Waals surface area contributed by atoms with Crippen molar-refractivity contribution in [2.45, 2.75) is 36.1 Å². The summed E-state index contributed by atoms with van der Waals surface area (Å²) >= 11 is 0. The smallest absolute Gasteiger partial charge is 0.337 e. The lowest BCUT2D eigenvalue weighted by molar-refractivity contribution is 0.0686. The van der Waals surface area contributed by atoms with Crippen molar-refractivity contribution >= 4 is 28.0 Å². The lowest BCUT2D eigenvalue weighted by Gasteiger charge is -2.40. The summed E-state index contributed by atoms with van der Waals surface area (Å²) in [5, 5.41) is 22.2. The van der Waals surface area contributed by atoms with E-state index in [0.717, 1.165) is 23.1 Å². The number of hydrogen-bond acceptors (Lipinski definition) is 6. The van der Waals surface area contributed by atoms with E-state index in [-0.39, 0.29) is 0 Å². The molecule has 0 aromatic heterocycles. The highest BCUT2D eigenvalue weighted by Crippen LogP contribution is 2.39. The Morgan fingerprint density at radius 2 is 1.42 bits per heavy atom. The second-order valence-electron chi connectivity index (χ2n) is 10.3. The molecule has 1 aliphatic carbocycles. The van der Waals surface area contributed by atoms with Gasteiger partial charge in [-0.05, 0) is 78.8 Å². The van der Waals surface area contributed by atoms with Gasteiger partial charge in [0.15, 0.2) is 0 Å². The Labute approximate surface area is 247 Å². The molecule has 0 unspecified atom stereocenters. The van der Waals surface area contributed by atoms with E-state index in [2.05, 4.69) is 5.32 Å². The molecule has 0 spiro atoms. The molecule has 1 aliphatic rings. The number of carbonyl (C=O) groups excluding carboxylic acids is 1. The number of aromatic carboxylic acids is 2.